The van der Waals surface area contributed by atoms with Gasteiger partial charge in [-0.1, -0.05) is 18.0 Å². The fourth-order valence-electron chi connectivity index (χ4n) is 3.94. The summed E-state index contributed by atoms with van der Waals surface area (Å²) in [5.74, 6) is -1.30. The second kappa shape index (κ2) is 14.0. The number of halogens is 2. The van der Waals surface area contributed by atoms with Crippen LogP contribution in [-0.4, -0.2) is 53.5 Å². The summed E-state index contributed by atoms with van der Waals surface area (Å²) < 4.78 is 5.28. The second-order valence-electron chi connectivity index (χ2n) is 8.67. The van der Waals surface area contributed by atoms with Gasteiger partial charge < -0.3 is 30.9 Å². The number of aliphatic imine (C=N–C) groups is 1. The van der Waals surface area contributed by atoms with Crippen molar-refractivity contribution in [3.8, 4) is 11.5 Å². The number of benzene rings is 2. The molecule has 3 rings (SSSR count). The fourth-order valence-corrected chi connectivity index (χ4v) is 4.78. The van der Waals surface area contributed by atoms with Crippen LogP contribution in [-0.2, 0) is 14.3 Å². The molecule has 0 unspecified atom stereocenters. The Morgan fingerprint density at radius 3 is 2.68 bits per heavy atom. The van der Waals surface area contributed by atoms with E-state index in [1.165, 1.54) is 24.3 Å². The number of amidine groups is 1. The van der Waals surface area contributed by atoms with Crippen LogP contribution in [0.1, 0.15) is 61.0 Å². The number of hydrogen-bond acceptors (Lipinski definition) is 8. The summed E-state index contributed by atoms with van der Waals surface area (Å²) in [7, 11) is 0. The number of aromatic hydroxyl groups is 2. The fraction of sp³-hybridized carbons (Fsp3) is 0.385. The van der Waals surface area contributed by atoms with E-state index in [1.807, 2.05) is 0 Å². The van der Waals surface area contributed by atoms with E-state index in [-0.39, 0.29) is 40.7 Å². The molecule has 1 aliphatic heterocycles. The van der Waals surface area contributed by atoms with Gasteiger partial charge in [0.2, 0.25) is 5.91 Å². The number of nitrogens with one attached hydrogen (secondary N) is 3. The summed E-state index contributed by atoms with van der Waals surface area (Å²) in [6, 6.07) is 6.29. The zero-order chi connectivity index (χ0) is 27.7. The molecule has 0 bridgehead atoms. The number of nitrogens with zero attached hydrogens (tertiary/aromatic N) is 1. The molecule has 2 aromatic rings. The minimum atomic E-state index is -0.967. The molecule has 0 aromatic heterocycles. The molecule has 2 aromatic carbocycles. The highest BCUT2D eigenvalue weighted by Gasteiger charge is 2.24. The zero-order valence-corrected chi connectivity index (χ0v) is 23.2. The molecule has 0 spiro atoms. The monoisotopic (exact) mass is 608 g/mol. The minimum Gasteiger partial charge on any atom is -0.508 e. The van der Waals surface area contributed by atoms with Gasteiger partial charge in [-0.2, -0.15) is 0 Å². The summed E-state index contributed by atoms with van der Waals surface area (Å²) in [5.41, 5.74) is 0.869. The predicted molar refractivity (Wildman–Crippen MR) is 148 cm³/mol. The van der Waals surface area contributed by atoms with Crippen LogP contribution < -0.4 is 16.0 Å². The lowest BCUT2D eigenvalue weighted by Crippen LogP contribution is -2.39. The number of amides is 2. The largest absolute Gasteiger partial charge is 0.508 e. The Morgan fingerprint density at radius 1 is 1.13 bits per heavy atom. The first-order chi connectivity index (χ1) is 18.2. The van der Waals surface area contributed by atoms with Crippen molar-refractivity contribution < 1.29 is 29.3 Å². The van der Waals surface area contributed by atoms with Crippen LogP contribution in [0.25, 0.3) is 0 Å². The second-order valence-corrected chi connectivity index (χ2v) is 9.96. The van der Waals surface area contributed by atoms with Crippen LogP contribution in [0, 0.1) is 0 Å². The summed E-state index contributed by atoms with van der Waals surface area (Å²) in [4.78, 5) is 42.1. The van der Waals surface area contributed by atoms with Crippen LogP contribution in [0.5, 0.6) is 11.5 Å². The number of rotatable bonds is 9. The van der Waals surface area contributed by atoms with E-state index in [0.717, 1.165) is 38.1 Å². The highest BCUT2D eigenvalue weighted by molar-refractivity contribution is 9.10. The Hall–Kier alpha value is -3.31. The Kier molecular flexibility index (Phi) is 10.8. The van der Waals surface area contributed by atoms with Crippen molar-refractivity contribution in [2.24, 2.45) is 4.99 Å². The SMILES string of the molecule is CCOC(=O)C[C@@H](NC(=O)CNC(=O)c1cc(O)cc(NC2=NCCCCC2)c1)c1cc(Cl)cc(Br)c1O. The molecule has 0 aliphatic carbocycles. The summed E-state index contributed by atoms with van der Waals surface area (Å²) in [6.45, 7) is 2.10. The number of hydrogen-bond donors (Lipinski definition) is 5. The smallest absolute Gasteiger partial charge is 0.308 e. The lowest BCUT2D eigenvalue weighted by Gasteiger charge is -2.20. The molecule has 5 N–H and O–H groups in total. The van der Waals surface area contributed by atoms with Crippen molar-refractivity contribution in [3.05, 3.63) is 51.0 Å². The van der Waals surface area contributed by atoms with Crippen molar-refractivity contribution >= 4 is 56.8 Å². The number of ether oxygens (including phenoxy) is 1. The third-order valence-corrected chi connectivity index (χ3v) is 6.52. The Balaban J connectivity index is 1.68. The number of carbonyl (C=O) groups excluding carboxylic acids is 3. The molecule has 0 saturated heterocycles. The third kappa shape index (κ3) is 8.63. The average Bonchev–Trinajstić information content (AvgIpc) is 3.12. The average molecular weight is 610 g/mol. The van der Waals surface area contributed by atoms with Gasteiger partial charge in [0.1, 0.15) is 17.3 Å². The van der Waals surface area contributed by atoms with E-state index in [9.17, 15) is 24.6 Å². The number of phenolic OH excluding ortho intramolecular Hbond substituents is 2. The van der Waals surface area contributed by atoms with Gasteiger partial charge in [-0.05, 0) is 60.0 Å². The van der Waals surface area contributed by atoms with Gasteiger partial charge in [0.25, 0.3) is 5.91 Å². The van der Waals surface area contributed by atoms with Crippen LogP contribution >= 0.6 is 27.5 Å². The van der Waals surface area contributed by atoms with Crippen LogP contribution in [0.15, 0.2) is 39.8 Å². The molecule has 0 radical (unpaired) electrons. The van der Waals surface area contributed by atoms with Crippen LogP contribution in [0.3, 0.4) is 0 Å². The molecule has 10 nitrogen and oxygen atoms in total. The third-order valence-electron chi connectivity index (χ3n) is 5.70. The number of carbonyl (C=O) groups is 3. The van der Waals surface area contributed by atoms with Gasteiger partial charge in [0.05, 0.1) is 30.1 Å². The predicted octanol–water partition coefficient (Wildman–Crippen LogP) is 4.44. The van der Waals surface area contributed by atoms with Crippen molar-refractivity contribution in [2.45, 2.75) is 45.1 Å². The maximum Gasteiger partial charge on any atom is 0.308 e. The first kappa shape index (κ1) is 29.2. The molecular formula is C26H30BrClN4O6. The van der Waals surface area contributed by atoms with Crippen molar-refractivity contribution in [3.63, 3.8) is 0 Å². The molecule has 0 saturated carbocycles. The number of phenols is 2. The van der Waals surface area contributed by atoms with Gasteiger partial charge >= 0.3 is 5.97 Å². The maximum absolute atomic E-state index is 12.8. The van der Waals surface area contributed by atoms with Gasteiger partial charge in [0, 0.05) is 40.9 Å². The quantitative estimate of drug-likeness (QED) is 0.264. The first-order valence-electron chi connectivity index (χ1n) is 12.2. The summed E-state index contributed by atoms with van der Waals surface area (Å²) >= 11 is 9.30. The standard InChI is InChI=1S/C26H30BrClN4O6/c1-2-38-24(35)13-21(19-10-16(28)11-20(27)25(19)36)32-23(34)14-30-26(37)15-8-17(12-18(33)9-15)31-22-6-4-3-5-7-29-22/h8-12,21,33,36H,2-7,13-14H2,1H3,(H,29,31)(H,30,37)(H,32,34)/t21-/m1/s1. The molecule has 1 aliphatic rings. The summed E-state index contributed by atoms with van der Waals surface area (Å²) in [6.07, 6.45) is 3.64. The van der Waals surface area contributed by atoms with Crippen molar-refractivity contribution in [1.82, 2.24) is 10.6 Å². The Morgan fingerprint density at radius 2 is 1.92 bits per heavy atom. The Bertz CT molecular complexity index is 1220. The lowest BCUT2D eigenvalue weighted by molar-refractivity contribution is -0.143. The highest BCUT2D eigenvalue weighted by Crippen LogP contribution is 2.36. The van der Waals surface area contributed by atoms with Crippen LogP contribution in [0.4, 0.5) is 5.69 Å². The number of esters is 1. The highest BCUT2D eigenvalue weighted by atomic mass is 79.9. The molecule has 12 heteroatoms. The van der Waals surface area contributed by atoms with Crippen LogP contribution in [0.2, 0.25) is 5.02 Å². The summed E-state index contributed by atoms with van der Waals surface area (Å²) in [5, 5.41) is 29.2. The molecule has 0 fully saturated rings. The lowest BCUT2D eigenvalue weighted by atomic mass is 10.0. The van der Waals surface area contributed by atoms with Gasteiger partial charge in [-0.15, -0.1) is 0 Å². The van der Waals surface area contributed by atoms with E-state index in [4.69, 9.17) is 16.3 Å². The molecule has 204 valence electrons. The van der Waals surface area contributed by atoms with E-state index in [2.05, 4.69) is 36.9 Å². The first-order valence-corrected chi connectivity index (χ1v) is 13.4. The Labute approximate surface area is 233 Å². The van der Waals surface area contributed by atoms with Gasteiger partial charge in [-0.25, -0.2) is 0 Å². The molecule has 1 heterocycles. The maximum atomic E-state index is 12.8. The minimum absolute atomic E-state index is 0.115. The van der Waals surface area contributed by atoms with Crippen molar-refractivity contribution in [2.75, 3.05) is 25.0 Å². The molecular weight excluding hydrogens is 580 g/mol. The van der Waals surface area contributed by atoms with Gasteiger partial charge in [0.15, 0.2) is 0 Å². The van der Waals surface area contributed by atoms with Crippen molar-refractivity contribution in [1.29, 1.82) is 0 Å². The van der Waals surface area contributed by atoms with Gasteiger partial charge in [-0.3, -0.25) is 19.4 Å². The van der Waals surface area contributed by atoms with E-state index >= 15 is 0 Å². The van der Waals surface area contributed by atoms with E-state index in [0.29, 0.717) is 10.2 Å². The molecule has 2 amide bonds. The zero-order valence-electron chi connectivity index (χ0n) is 20.9. The normalized spacial score (nSPS) is 14.0. The number of anilines is 1. The van der Waals surface area contributed by atoms with E-state index in [1.54, 1.807) is 13.0 Å². The molecule has 1 atom stereocenters. The molecule has 38 heavy (non-hydrogen) atoms. The topological polar surface area (TPSA) is 149 Å². The van der Waals surface area contributed by atoms with E-state index < -0.39 is 30.4 Å².